The Morgan fingerprint density at radius 3 is 2.53 bits per heavy atom. The lowest BCUT2D eigenvalue weighted by Crippen LogP contribution is -3.03. The van der Waals surface area contributed by atoms with E-state index in [0.29, 0.717) is 6.54 Å². The van der Waals surface area contributed by atoms with E-state index < -0.39 is 0 Å². The summed E-state index contributed by atoms with van der Waals surface area (Å²) in [5.74, 6) is 0.799. The predicted octanol–water partition coefficient (Wildman–Crippen LogP) is 2.09. The number of benzene rings is 2. The second-order valence-corrected chi connectivity index (χ2v) is 4.59. The van der Waals surface area contributed by atoms with Gasteiger partial charge < -0.3 is 15.0 Å². The minimum absolute atomic E-state index is 0.170. The number of hydrogen-bond acceptors (Lipinski definition) is 2. The summed E-state index contributed by atoms with van der Waals surface area (Å²) < 4.78 is 5.14. The van der Waals surface area contributed by atoms with Crippen molar-refractivity contribution in [3.05, 3.63) is 70.4 Å². The van der Waals surface area contributed by atoms with E-state index in [9.17, 15) is 5.21 Å². The maximum atomic E-state index is 12.2. The molecule has 0 saturated carbocycles. The largest absolute Gasteiger partial charge is 0.629 e. The molecular weight excluding hydrogens is 238 g/mol. The first kappa shape index (κ1) is 12.0. The van der Waals surface area contributed by atoms with Gasteiger partial charge in [0.05, 0.1) is 7.11 Å². The molecule has 2 aromatic carbocycles. The fourth-order valence-corrected chi connectivity index (χ4v) is 2.36. The molecule has 0 radical (unpaired) electrons. The first-order valence-corrected chi connectivity index (χ1v) is 6.25. The molecule has 3 nitrogen and oxygen atoms in total. The number of nitrogens with one attached hydrogen (secondary N) is 1. The maximum Gasteiger partial charge on any atom is 0.139 e. The van der Waals surface area contributed by atoms with Crippen molar-refractivity contribution in [2.24, 2.45) is 0 Å². The molecule has 0 amide bonds. The van der Waals surface area contributed by atoms with E-state index in [1.165, 1.54) is 0 Å². The molecule has 0 saturated heterocycles. The van der Waals surface area contributed by atoms with Crippen molar-refractivity contribution in [1.82, 2.24) is 0 Å². The molecule has 1 N–H and O–H groups in total. The lowest BCUT2D eigenvalue weighted by atomic mass is 9.99. The molecule has 0 spiro atoms. The minimum atomic E-state index is 0.170. The van der Waals surface area contributed by atoms with Crippen LogP contribution in [0.1, 0.15) is 16.7 Å². The quantitative estimate of drug-likeness (QED) is 0.832. The molecule has 1 atom stereocenters. The lowest BCUT2D eigenvalue weighted by Gasteiger charge is -2.29. The molecule has 1 aliphatic rings. The van der Waals surface area contributed by atoms with Crippen LogP contribution in [-0.4, -0.2) is 7.11 Å². The second-order valence-electron chi connectivity index (χ2n) is 4.59. The topological polar surface area (TPSA) is 36.7 Å². The minimum Gasteiger partial charge on any atom is -0.629 e. The van der Waals surface area contributed by atoms with Crippen molar-refractivity contribution in [3.63, 3.8) is 0 Å². The fourth-order valence-electron chi connectivity index (χ4n) is 2.36. The third kappa shape index (κ3) is 2.26. The van der Waals surface area contributed by atoms with Crippen LogP contribution < -0.4 is 9.80 Å². The average Bonchev–Trinajstić information content (AvgIpc) is 2.47. The Bertz CT molecular complexity index is 617. The molecule has 0 fully saturated rings. The number of rotatable bonds is 2. The molecule has 0 aromatic heterocycles. The summed E-state index contributed by atoms with van der Waals surface area (Å²) >= 11 is 0. The molecule has 2 aromatic rings. The Hall–Kier alpha value is -2.10. The molecule has 0 bridgehead atoms. The molecule has 0 aliphatic carbocycles. The molecule has 3 rings (SSSR count). The van der Waals surface area contributed by atoms with Crippen LogP contribution in [0.25, 0.3) is 11.8 Å². The summed E-state index contributed by atoms with van der Waals surface area (Å²) in [6.45, 7) is 0.480. The summed E-state index contributed by atoms with van der Waals surface area (Å²) in [6, 6.07) is 15.6. The van der Waals surface area contributed by atoms with E-state index in [4.69, 9.17) is 4.74 Å². The molecule has 96 valence electrons. The van der Waals surface area contributed by atoms with E-state index >= 15 is 0 Å². The zero-order valence-electron chi connectivity index (χ0n) is 10.7. The molecule has 1 aliphatic heterocycles. The number of fused-ring (bicyclic) bond motifs is 1. The normalized spacial score (nSPS) is 17.6. The number of hydroxylamine groups is 2. The highest BCUT2D eigenvalue weighted by atomic mass is 16.5. The Kier molecular flexibility index (Phi) is 3.07. The summed E-state index contributed by atoms with van der Waals surface area (Å²) in [4.78, 5) is 0. The molecule has 3 heteroatoms. The fraction of sp³-hybridized carbons (Fsp3) is 0.125. The Morgan fingerprint density at radius 2 is 1.79 bits per heavy atom. The zero-order valence-corrected chi connectivity index (χ0v) is 10.7. The van der Waals surface area contributed by atoms with Gasteiger partial charge in [-0.3, -0.25) is 0 Å². The van der Waals surface area contributed by atoms with Gasteiger partial charge in [0.15, 0.2) is 0 Å². The maximum absolute atomic E-state index is 12.2. The Labute approximate surface area is 112 Å². The van der Waals surface area contributed by atoms with Crippen LogP contribution in [0.5, 0.6) is 5.75 Å². The average molecular weight is 253 g/mol. The molecule has 1 unspecified atom stereocenters. The highest BCUT2D eigenvalue weighted by molar-refractivity contribution is 5.78. The van der Waals surface area contributed by atoms with E-state index in [1.54, 1.807) is 7.11 Å². The van der Waals surface area contributed by atoms with E-state index in [-0.39, 0.29) is 5.06 Å². The highest BCUT2D eigenvalue weighted by Crippen LogP contribution is 2.22. The van der Waals surface area contributed by atoms with E-state index in [2.05, 4.69) is 0 Å². The summed E-state index contributed by atoms with van der Waals surface area (Å²) in [5.41, 5.74) is 3.96. The van der Waals surface area contributed by atoms with Crippen molar-refractivity contribution >= 4 is 11.8 Å². The van der Waals surface area contributed by atoms with Crippen molar-refractivity contribution in [2.75, 3.05) is 7.11 Å². The van der Waals surface area contributed by atoms with Crippen LogP contribution in [0.2, 0.25) is 0 Å². The first-order chi connectivity index (χ1) is 9.28. The molecule has 1 heterocycles. The van der Waals surface area contributed by atoms with Crippen LogP contribution in [0, 0.1) is 5.21 Å². The summed E-state index contributed by atoms with van der Waals surface area (Å²) in [5, 5.41) is 12.4. The van der Waals surface area contributed by atoms with Gasteiger partial charge in [-0.1, -0.05) is 24.3 Å². The van der Waals surface area contributed by atoms with Gasteiger partial charge in [0.25, 0.3) is 0 Å². The third-order valence-electron chi connectivity index (χ3n) is 3.41. The van der Waals surface area contributed by atoms with Gasteiger partial charge in [0.1, 0.15) is 18.0 Å². The monoisotopic (exact) mass is 253 g/mol. The van der Waals surface area contributed by atoms with Crippen LogP contribution in [0.4, 0.5) is 0 Å². The van der Waals surface area contributed by atoms with Gasteiger partial charge in [-0.25, -0.2) is 0 Å². The van der Waals surface area contributed by atoms with Crippen LogP contribution in [0.15, 0.2) is 48.5 Å². The first-order valence-electron chi connectivity index (χ1n) is 6.25. The number of quaternary nitrogens is 1. The second kappa shape index (κ2) is 4.88. The number of ether oxygens (including phenoxy) is 1. The predicted molar refractivity (Wildman–Crippen MR) is 75.3 cm³/mol. The molecular formula is C16H15NO2. The Balaban J connectivity index is 2.01. The zero-order chi connectivity index (χ0) is 13.2. The third-order valence-corrected chi connectivity index (χ3v) is 3.41. The van der Waals surface area contributed by atoms with Gasteiger partial charge >= 0.3 is 0 Å². The SMILES string of the molecule is COc1ccc(C2=Cc3ccccc3C[NH+]2[O-])cc1. The van der Waals surface area contributed by atoms with Crippen molar-refractivity contribution < 1.29 is 9.80 Å². The Morgan fingerprint density at radius 1 is 1.05 bits per heavy atom. The van der Waals surface area contributed by atoms with Gasteiger partial charge in [-0.2, -0.15) is 0 Å². The van der Waals surface area contributed by atoms with Crippen molar-refractivity contribution in [2.45, 2.75) is 6.54 Å². The van der Waals surface area contributed by atoms with E-state index in [1.807, 2.05) is 54.6 Å². The van der Waals surface area contributed by atoms with E-state index in [0.717, 1.165) is 28.1 Å². The van der Waals surface area contributed by atoms with Crippen molar-refractivity contribution in [3.8, 4) is 5.75 Å². The van der Waals surface area contributed by atoms with Crippen LogP contribution in [-0.2, 0) is 6.54 Å². The van der Waals surface area contributed by atoms with Crippen LogP contribution in [0.3, 0.4) is 0 Å². The molecule has 19 heavy (non-hydrogen) atoms. The van der Waals surface area contributed by atoms with Gasteiger partial charge in [-0.05, 0) is 29.8 Å². The summed E-state index contributed by atoms with van der Waals surface area (Å²) in [7, 11) is 1.64. The smallest absolute Gasteiger partial charge is 0.139 e. The highest BCUT2D eigenvalue weighted by Gasteiger charge is 2.18. The van der Waals surface area contributed by atoms with Gasteiger partial charge in [0, 0.05) is 17.2 Å². The van der Waals surface area contributed by atoms with Gasteiger partial charge in [-0.15, -0.1) is 0 Å². The standard InChI is InChI=1S/C16H15NO2/c1-19-15-8-6-12(7-9-15)16-10-13-4-2-3-5-14(13)11-17(16)18/h2-10,17H,11H2,1H3. The van der Waals surface area contributed by atoms with Crippen LogP contribution >= 0.6 is 0 Å². The lowest BCUT2D eigenvalue weighted by molar-refractivity contribution is -0.784. The van der Waals surface area contributed by atoms with Gasteiger partial charge in [0.2, 0.25) is 0 Å². The number of hydrogen-bond donors (Lipinski definition) is 1. The summed E-state index contributed by atoms with van der Waals surface area (Å²) in [6.07, 6.45) is 1.98. The number of methoxy groups -OCH3 is 1. The van der Waals surface area contributed by atoms with Crippen molar-refractivity contribution in [1.29, 1.82) is 0 Å².